The SMILES string of the molecule is C[C@@H](Nc1ncc(F)c(Nc2cn(C)cn2)n1)c1ncc(F)cn1. The van der Waals surface area contributed by atoms with Gasteiger partial charge < -0.3 is 15.2 Å². The summed E-state index contributed by atoms with van der Waals surface area (Å²) in [6.45, 7) is 1.76. The van der Waals surface area contributed by atoms with Gasteiger partial charge in [0.2, 0.25) is 5.95 Å². The van der Waals surface area contributed by atoms with E-state index in [-0.39, 0.29) is 11.8 Å². The molecule has 3 aromatic rings. The van der Waals surface area contributed by atoms with Crippen LogP contribution in [0.5, 0.6) is 0 Å². The van der Waals surface area contributed by atoms with E-state index < -0.39 is 17.7 Å². The average Bonchev–Trinajstić information content (AvgIpc) is 2.96. The fraction of sp³-hybridized carbons (Fsp3) is 0.214. The van der Waals surface area contributed by atoms with Gasteiger partial charge in [0.15, 0.2) is 17.5 Å². The maximum Gasteiger partial charge on any atom is 0.225 e. The minimum atomic E-state index is -0.614. The molecule has 0 aliphatic heterocycles. The first-order chi connectivity index (χ1) is 11.5. The van der Waals surface area contributed by atoms with Crippen LogP contribution in [-0.4, -0.2) is 29.5 Å². The molecule has 0 amide bonds. The van der Waals surface area contributed by atoms with Gasteiger partial charge in [-0.3, -0.25) is 0 Å². The lowest BCUT2D eigenvalue weighted by molar-refractivity contribution is 0.603. The van der Waals surface area contributed by atoms with Crippen LogP contribution in [0.3, 0.4) is 0 Å². The molecule has 2 N–H and O–H groups in total. The summed E-state index contributed by atoms with van der Waals surface area (Å²) in [6, 6.07) is -0.390. The van der Waals surface area contributed by atoms with Gasteiger partial charge in [0.1, 0.15) is 11.6 Å². The molecule has 1 atom stereocenters. The Bertz CT molecular complexity index is 833. The van der Waals surface area contributed by atoms with Crippen LogP contribution in [0.2, 0.25) is 0 Å². The predicted molar refractivity (Wildman–Crippen MR) is 82.5 cm³/mol. The zero-order valence-electron chi connectivity index (χ0n) is 12.9. The summed E-state index contributed by atoms with van der Waals surface area (Å²) >= 11 is 0. The largest absolute Gasteiger partial charge is 0.344 e. The number of nitrogens with zero attached hydrogens (tertiary/aromatic N) is 6. The lowest BCUT2D eigenvalue weighted by Crippen LogP contribution is -2.13. The molecule has 24 heavy (non-hydrogen) atoms. The van der Waals surface area contributed by atoms with Crippen molar-refractivity contribution in [2.24, 2.45) is 7.05 Å². The van der Waals surface area contributed by atoms with Crippen molar-refractivity contribution in [3.05, 3.63) is 48.6 Å². The number of aryl methyl sites for hydroxylation is 1. The molecule has 0 unspecified atom stereocenters. The van der Waals surface area contributed by atoms with Crippen LogP contribution in [0.25, 0.3) is 0 Å². The summed E-state index contributed by atoms with van der Waals surface area (Å²) in [4.78, 5) is 19.8. The van der Waals surface area contributed by atoms with Crippen molar-refractivity contribution < 1.29 is 8.78 Å². The topological polar surface area (TPSA) is 93.4 Å². The van der Waals surface area contributed by atoms with Crippen LogP contribution in [-0.2, 0) is 7.05 Å². The van der Waals surface area contributed by atoms with Gasteiger partial charge in [-0.2, -0.15) is 4.98 Å². The first-order valence-corrected chi connectivity index (χ1v) is 7.03. The minimum absolute atomic E-state index is 0.0153. The standard InChI is InChI=1S/C14H14F2N8/c1-8(12-17-3-9(15)4-18-12)21-14-19-5-10(16)13(23-14)22-11-6-24(2)7-20-11/h3-8H,1-2H3,(H2,19,21,22,23)/t8-/m1/s1. The highest BCUT2D eigenvalue weighted by molar-refractivity contribution is 5.52. The lowest BCUT2D eigenvalue weighted by atomic mass is 10.3. The molecule has 0 bridgehead atoms. The first kappa shape index (κ1) is 15.7. The number of hydrogen-bond acceptors (Lipinski definition) is 7. The quantitative estimate of drug-likeness (QED) is 0.739. The van der Waals surface area contributed by atoms with Crippen molar-refractivity contribution >= 4 is 17.6 Å². The van der Waals surface area contributed by atoms with Crippen molar-refractivity contribution in [3.8, 4) is 0 Å². The summed E-state index contributed by atoms with van der Waals surface area (Å²) in [5.41, 5.74) is 0. The molecule has 0 saturated heterocycles. The summed E-state index contributed by atoms with van der Waals surface area (Å²) in [7, 11) is 1.80. The van der Waals surface area contributed by atoms with Gasteiger partial charge in [-0.05, 0) is 6.92 Å². The first-order valence-electron chi connectivity index (χ1n) is 7.03. The third-order valence-corrected chi connectivity index (χ3v) is 3.07. The van der Waals surface area contributed by atoms with Crippen LogP contribution in [0.4, 0.5) is 26.4 Å². The van der Waals surface area contributed by atoms with Crippen molar-refractivity contribution in [2.75, 3.05) is 10.6 Å². The third-order valence-electron chi connectivity index (χ3n) is 3.07. The third kappa shape index (κ3) is 3.59. The Morgan fingerprint density at radius 2 is 1.83 bits per heavy atom. The van der Waals surface area contributed by atoms with E-state index in [9.17, 15) is 8.78 Å². The van der Waals surface area contributed by atoms with E-state index >= 15 is 0 Å². The maximum absolute atomic E-state index is 13.9. The molecule has 0 spiro atoms. The van der Waals surface area contributed by atoms with Gasteiger partial charge in [0.25, 0.3) is 0 Å². The number of aromatic nitrogens is 6. The maximum atomic E-state index is 13.9. The molecule has 8 nitrogen and oxygen atoms in total. The van der Waals surface area contributed by atoms with Crippen LogP contribution < -0.4 is 10.6 Å². The number of halogens is 2. The van der Waals surface area contributed by atoms with Gasteiger partial charge in [-0.15, -0.1) is 0 Å². The molecule has 3 heterocycles. The Morgan fingerprint density at radius 1 is 1.08 bits per heavy atom. The fourth-order valence-electron chi connectivity index (χ4n) is 1.93. The predicted octanol–water partition coefficient (Wildman–Crippen LogP) is 2.19. The van der Waals surface area contributed by atoms with E-state index in [4.69, 9.17) is 0 Å². The van der Waals surface area contributed by atoms with Crippen molar-refractivity contribution in [2.45, 2.75) is 13.0 Å². The van der Waals surface area contributed by atoms with Crippen LogP contribution in [0.1, 0.15) is 18.8 Å². The van der Waals surface area contributed by atoms with Gasteiger partial charge in [-0.25, -0.2) is 28.7 Å². The van der Waals surface area contributed by atoms with E-state index in [1.54, 1.807) is 31.1 Å². The highest BCUT2D eigenvalue weighted by Gasteiger charge is 2.13. The van der Waals surface area contributed by atoms with E-state index in [1.807, 2.05) is 0 Å². The Labute approximate surface area is 136 Å². The summed E-state index contributed by atoms with van der Waals surface area (Å²) in [5, 5.41) is 5.71. The Hall–Kier alpha value is -3.17. The van der Waals surface area contributed by atoms with Gasteiger partial charge >= 0.3 is 0 Å². The minimum Gasteiger partial charge on any atom is -0.344 e. The molecule has 0 aliphatic carbocycles. The molecule has 3 aromatic heterocycles. The van der Waals surface area contributed by atoms with Gasteiger partial charge in [-0.1, -0.05) is 0 Å². The summed E-state index contributed by atoms with van der Waals surface area (Å²) in [6.07, 6.45) is 6.44. The van der Waals surface area contributed by atoms with E-state index in [2.05, 4.69) is 35.6 Å². The van der Waals surface area contributed by atoms with E-state index in [0.29, 0.717) is 11.6 Å². The highest BCUT2D eigenvalue weighted by atomic mass is 19.1. The van der Waals surface area contributed by atoms with Crippen LogP contribution >= 0.6 is 0 Å². The van der Waals surface area contributed by atoms with Crippen molar-refractivity contribution in [1.29, 1.82) is 0 Å². The molecule has 0 saturated carbocycles. The molecular weight excluding hydrogens is 318 g/mol. The molecule has 0 radical (unpaired) electrons. The Balaban J connectivity index is 1.76. The number of anilines is 3. The number of rotatable bonds is 5. The van der Waals surface area contributed by atoms with E-state index in [0.717, 1.165) is 18.6 Å². The van der Waals surface area contributed by atoms with Gasteiger partial charge in [0, 0.05) is 13.2 Å². The molecule has 0 aliphatic rings. The second-order valence-electron chi connectivity index (χ2n) is 5.07. The second-order valence-corrected chi connectivity index (χ2v) is 5.07. The zero-order chi connectivity index (χ0) is 17.1. The van der Waals surface area contributed by atoms with Crippen LogP contribution in [0, 0.1) is 11.6 Å². The average molecular weight is 332 g/mol. The molecule has 0 fully saturated rings. The highest BCUT2D eigenvalue weighted by Crippen LogP contribution is 2.19. The van der Waals surface area contributed by atoms with Crippen molar-refractivity contribution in [3.63, 3.8) is 0 Å². The normalized spacial score (nSPS) is 12.0. The fourth-order valence-corrected chi connectivity index (χ4v) is 1.93. The Kier molecular flexibility index (Phi) is 4.27. The second kappa shape index (κ2) is 6.52. The molecular formula is C14H14F2N8. The van der Waals surface area contributed by atoms with E-state index in [1.165, 1.54) is 0 Å². The summed E-state index contributed by atoms with van der Waals surface area (Å²) < 4.78 is 28.4. The summed E-state index contributed by atoms with van der Waals surface area (Å²) in [5.74, 6) is -0.157. The number of nitrogens with one attached hydrogen (secondary N) is 2. The molecule has 3 rings (SSSR count). The molecule has 10 heteroatoms. The molecule has 124 valence electrons. The van der Waals surface area contributed by atoms with Gasteiger partial charge in [0.05, 0.1) is 31.0 Å². The smallest absolute Gasteiger partial charge is 0.225 e. The number of hydrogen-bond donors (Lipinski definition) is 2. The van der Waals surface area contributed by atoms with Crippen molar-refractivity contribution in [1.82, 2.24) is 29.5 Å². The lowest BCUT2D eigenvalue weighted by Gasteiger charge is -2.13. The molecule has 0 aromatic carbocycles. The Morgan fingerprint density at radius 3 is 2.50 bits per heavy atom. The monoisotopic (exact) mass is 332 g/mol. The number of imidazole rings is 1. The zero-order valence-corrected chi connectivity index (χ0v) is 12.9. The van der Waals surface area contributed by atoms with Crippen LogP contribution in [0.15, 0.2) is 31.1 Å².